The summed E-state index contributed by atoms with van der Waals surface area (Å²) in [6.45, 7) is 9.31. The number of nitrogens with zero attached hydrogens (tertiary/aromatic N) is 1. The fraction of sp³-hybridized carbons (Fsp3) is 0.793. The maximum absolute atomic E-state index is 5.50. The number of hydrogen-bond acceptors (Lipinski definition) is 3. The minimum Gasteiger partial charge on any atom is -0.472 e. The second-order valence-electron chi connectivity index (χ2n) is 12.3. The standard InChI is InChI=1S/C29H43NOS/c1-28-12-9-23(32-18-16-30-14-3-4-15-30)19-22(28)5-6-24-26-8-7-25(21-11-17-31-20-21)29(26,2)13-10-27(24)28/h11,17,19-20,23-27H,3-10,12-16,18H2,1-2H3/t23-,24-,25+,26-,27-,28-,29+/m0/s1. The van der Waals surface area contributed by atoms with Gasteiger partial charge in [-0.05, 0) is 123 Å². The van der Waals surface area contributed by atoms with Gasteiger partial charge in [-0.25, -0.2) is 0 Å². The van der Waals surface area contributed by atoms with Crippen molar-refractivity contribution in [3.05, 3.63) is 35.8 Å². The average molecular weight is 454 g/mol. The second-order valence-corrected chi connectivity index (χ2v) is 13.6. The van der Waals surface area contributed by atoms with Crippen LogP contribution in [-0.2, 0) is 0 Å². The third kappa shape index (κ3) is 3.56. The van der Waals surface area contributed by atoms with Gasteiger partial charge in [0.05, 0.1) is 12.5 Å². The van der Waals surface area contributed by atoms with Crippen LogP contribution in [-0.4, -0.2) is 35.5 Å². The maximum atomic E-state index is 5.50. The molecule has 0 N–H and O–H groups in total. The van der Waals surface area contributed by atoms with E-state index in [2.05, 4.69) is 42.7 Å². The first-order valence-corrected chi connectivity index (χ1v) is 14.7. The van der Waals surface area contributed by atoms with Crippen molar-refractivity contribution < 1.29 is 4.42 Å². The Hall–Kier alpha value is -0.670. The highest BCUT2D eigenvalue weighted by atomic mass is 32.2. The fourth-order valence-corrected chi connectivity index (χ4v) is 10.4. The van der Waals surface area contributed by atoms with Gasteiger partial charge in [-0.1, -0.05) is 25.5 Å². The van der Waals surface area contributed by atoms with Crippen LogP contribution in [0.4, 0.5) is 0 Å². The van der Waals surface area contributed by atoms with Gasteiger partial charge in [0.15, 0.2) is 0 Å². The molecule has 1 aromatic heterocycles. The largest absolute Gasteiger partial charge is 0.472 e. The van der Waals surface area contributed by atoms with E-state index in [0.29, 0.717) is 10.8 Å². The average Bonchev–Trinajstić information content (AvgIpc) is 3.54. The Kier molecular flexibility index (Phi) is 5.82. The van der Waals surface area contributed by atoms with Crippen LogP contribution < -0.4 is 0 Å². The molecule has 4 aliphatic carbocycles. The van der Waals surface area contributed by atoms with E-state index in [1.807, 2.05) is 18.1 Å². The summed E-state index contributed by atoms with van der Waals surface area (Å²) in [4.78, 5) is 2.68. The molecule has 0 aromatic carbocycles. The number of allylic oxidation sites excluding steroid dienone is 1. The zero-order valence-corrected chi connectivity index (χ0v) is 21.2. The third-order valence-electron chi connectivity index (χ3n) is 11.0. The van der Waals surface area contributed by atoms with E-state index in [0.717, 1.165) is 28.9 Å². The van der Waals surface area contributed by atoms with Gasteiger partial charge in [0.1, 0.15) is 0 Å². The molecule has 5 aliphatic rings. The number of likely N-dealkylation sites (tertiary alicyclic amines) is 1. The predicted octanol–water partition coefficient (Wildman–Crippen LogP) is 7.52. The highest BCUT2D eigenvalue weighted by Gasteiger charge is 2.59. The molecule has 1 aliphatic heterocycles. The SMILES string of the molecule is C[C@]12CC[C@H]3[C@@H](CCC4=C[C@@H](SCCN5CCCC5)CC[C@@]43C)[C@@H]1CC[C@@H]2c1ccoc1. The van der Waals surface area contributed by atoms with E-state index >= 15 is 0 Å². The molecule has 1 aromatic rings. The molecular weight excluding hydrogens is 410 g/mol. The Morgan fingerprint density at radius 1 is 1.03 bits per heavy atom. The van der Waals surface area contributed by atoms with Crippen LogP contribution in [0.2, 0.25) is 0 Å². The van der Waals surface area contributed by atoms with Crippen LogP contribution in [0.1, 0.15) is 89.5 Å². The Labute approximate surface area is 200 Å². The van der Waals surface area contributed by atoms with Crippen LogP contribution >= 0.6 is 11.8 Å². The minimum absolute atomic E-state index is 0.490. The summed E-state index contributed by atoms with van der Waals surface area (Å²) >= 11 is 2.25. The molecule has 0 bridgehead atoms. The van der Waals surface area contributed by atoms with E-state index in [1.54, 1.807) is 0 Å². The lowest BCUT2D eigenvalue weighted by Crippen LogP contribution is -2.50. The van der Waals surface area contributed by atoms with Gasteiger partial charge in [0.25, 0.3) is 0 Å². The van der Waals surface area contributed by atoms with Gasteiger partial charge in [-0.3, -0.25) is 0 Å². The van der Waals surface area contributed by atoms with Crippen LogP contribution in [0, 0.1) is 28.6 Å². The fourth-order valence-electron chi connectivity index (χ4n) is 9.19. The highest BCUT2D eigenvalue weighted by molar-refractivity contribution is 8.00. The van der Waals surface area contributed by atoms with E-state index < -0.39 is 0 Å². The number of thioether (sulfide) groups is 1. The van der Waals surface area contributed by atoms with Crippen LogP contribution in [0.25, 0.3) is 0 Å². The van der Waals surface area contributed by atoms with Gasteiger partial charge in [0, 0.05) is 17.5 Å². The number of furan rings is 1. The second kappa shape index (κ2) is 8.52. The van der Waals surface area contributed by atoms with Crippen molar-refractivity contribution in [2.75, 3.05) is 25.4 Å². The molecule has 1 saturated heterocycles. The van der Waals surface area contributed by atoms with E-state index in [9.17, 15) is 0 Å². The number of fused-ring (bicyclic) bond motifs is 5. The molecule has 4 fully saturated rings. The summed E-state index contributed by atoms with van der Waals surface area (Å²) in [5, 5.41) is 0.781. The van der Waals surface area contributed by atoms with Crippen molar-refractivity contribution in [1.29, 1.82) is 0 Å². The third-order valence-corrected chi connectivity index (χ3v) is 12.2. The van der Waals surface area contributed by atoms with Gasteiger partial charge in [-0.15, -0.1) is 0 Å². The van der Waals surface area contributed by atoms with Crippen molar-refractivity contribution in [2.24, 2.45) is 28.6 Å². The molecule has 176 valence electrons. The van der Waals surface area contributed by atoms with Crippen molar-refractivity contribution in [2.45, 2.75) is 89.2 Å². The lowest BCUT2D eigenvalue weighted by molar-refractivity contribution is -0.0413. The quantitative estimate of drug-likeness (QED) is 0.429. The summed E-state index contributed by atoms with van der Waals surface area (Å²) in [5.74, 6) is 4.85. The topological polar surface area (TPSA) is 16.4 Å². The van der Waals surface area contributed by atoms with Crippen molar-refractivity contribution in [3.8, 4) is 0 Å². The molecule has 32 heavy (non-hydrogen) atoms. The number of hydrogen-bond donors (Lipinski definition) is 0. The highest BCUT2D eigenvalue weighted by Crippen LogP contribution is 2.68. The van der Waals surface area contributed by atoms with Crippen molar-refractivity contribution in [3.63, 3.8) is 0 Å². The molecule has 0 spiro atoms. The van der Waals surface area contributed by atoms with Crippen molar-refractivity contribution >= 4 is 11.8 Å². The summed E-state index contributed by atoms with van der Waals surface area (Å²) < 4.78 is 5.50. The lowest BCUT2D eigenvalue weighted by atomic mass is 9.46. The predicted molar refractivity (Wildman–Crippen MR) is 135 cm³/mol. The van der Waals surface area contributed by atoms with Crippen LogP contribution in [0.5, 0.6) is 0 Å². The van der Waals surface area contributed by atoms with Crippen LogP contribution in [0.3, 0.4) is 0 Å². The Morgan fingerprint density at radius 3 is 2.72 bits per heavy atom. The first-order chi connectivity index (χ1) is 15.6. The molecule has 0 unspecified atom stereocenters. The van der Waals surface area contributed by atoms with Gasteiger partial charge in [-0.2, -0.15) is 11.8 Å². The summed E-state index contributed by atoms with van der Waals surface area (Å²) in [6.07, 6.45) is 20.9. The first kappa shape index (κ1) is 21.8. The Morgan fingerprint density at radius 2 is 1.91 bits per heavy atom. The summed E-state index contributed by atoms with van der Waals surface area (Å²) in [7, 11) is 0. The van der Waals surface area contributed by atoms with Gasteiger partial charge in [0.2, 0.25) is 0 Å². The van der Waals surface area contributed by atoms with E-state index in [4.69, 9.17) is 4.42 Å². The Balaban J connectivity index is 1.14. The molecule has 7 atom stereocenters. The smallest absolute Gasteiger partial charge is 0.0937 e. The molecule has 3 saturated carbocycles. The molecule has 6 rings (SSSR count). The zero-order chi connectivity index (χ0) is 21.8. The number of rotatable bonds is 5. The Bertz CT molecular complexity index is 826. The first-order valence-electron chi connectivity index (χ1n) is 13.7. The summed E-state index contributed by atoms with van der Waals surface area (Å²) in [6, 6.07) is 2.25. The van der Waals surface area contributed by atoms with Gasteiger partial charge >= 0.3 is 0 Å². The summed E-state index contributed by atoms with van der Waals surface area (Å²) in [5.41, 5.74) is 4.31. The molecule has 3 heteroatoms. The van der Waals surface area contributed by atoms with Gasteiger partial charge < -0.3 is 9.32 Å². The molecule has 2 heterocycles. The van der Waals surface area contributed by atoms with Crippen LogP contribution in [0.15, 0.2) is 34.7 Å². The molecule has 0 radical (unpaired) electrons. The van der Waals surface area contributed by atoms with Crippen molar-refractivity contribution in [1.82, 2.24) is 4.90 Å². The van der Waals surface area contributed by atoms with E-state index in [1.165, 1.54) is 95.2 Å². The normalized spacial score (nSPS) is 44.1. The van der Waals surface area contributed by atoms with E-state index in [-0.39, 0.29) is 0 Å². The molecule has 2 nitrogen and oxygen atoms in total. The zero-order valence-electron chi connectivity index (χ0n) is 20.4. The maximum Gasteiger partial charge on any atom is 0.0937 e. The molecular formula is C29H43NOS. The monoisotopic (exact) mass is 453 g/mol. The molecule has 0 amide bonds. The lowest BCUT2D eigenvalue weighted by Gasteiger charge is -2.58. The minimum atomic E-state index is 0.490.